The SMILES string of the molecule is CNC(=O)[C@@H]1c2ccccc2CCN1C(=O)C1CCC(CNC(=O)OC(C)(C)C)CC1. The molecule has 0 bridgehead atoms. The fraction of sp³-hybridized carbons (Fsp3) is 0.625. The highest BCUT2D eigenvalue weighted by atomic mass is 16.6. The second-order valence-corrected chi connectivity index (χ2v) is 9.60. The summed E-state index contributed by atoms with van der Waals surface area (Å²) in [6.07, 6.45) is 3.68. The molecule has 3 amide bonds. The van der Waals surface area contributed by atoms with E-state index in [9.17, 15) is 14.4 Å². The minimum atomic E-state index is -0.561. The lowest BCUT2D eigenvalue weighted by molar-refractivity contribution is -0.145. The molecule has 0 radical (unpaired) electrons. The second-order valence-electron chi connectivity index (χ2n) is 9.60. The average Bonchev–Trinajstić information content (AvgIpc) is 2.75. The molecule has 1 heterocycles. The molecule has 1 aliphatic carbocycles. The molecule has 1 aromatic rings. The predicted octanol–water partition coefficient (Wildman–Crippen LogP) is 3.19. The van der Waals surface area contributed by atoms with Crippen molar-refractivity contribution in [1.82, 2.24) is 15.5 Å². The Balaban J connectivity index is 1.57. The molecule has 0 saturated heterocycles. The fourth-order valence-corrected chi connectivity index (χ4v) is 4.61. The zero-order valence-electron chi connectivity index (χ0n) is 19.1. The van der Waals surface area contributed by atoms with Crippen LogP contribution in [0.1, 0.15) is 63.6 Å². The molecule has 7 nitrogen and oxygen atoms in total. The summed E-state index contributed by atoms with van der Waals surface area (Å²) in [4.78, 5) is 39.7. The first-order chi connectivity index (χ1) is 14.7. The van der Waals surface area contributed by atoms with Crippen LogP contribution >= 0.6 is 0 Å². The summed E-state index contributed by atoms with van der Waals surface area (Å²) < 4.78 is 5.29. The number of nitrogens with one attached hydrogen (secondary N) is 2. The van der Waals surface area contributed by atoms with Crippen molar-refractivity contribution in [2.75, 3.05) is 20.1 Å². The summed E-state index contributed by atoms with van der Waals surface area (Å²) in [5.74, 6) is 0.195. The summed E-state index contributed by atoms with van der Waals surface area (Å²) in [6.45, 7) is 6.65. The number of alkyl carbamates (subject to hydrolysis) is 1. The maximum atomic E-state index is 13.4. The van der Waals surface area contributed by atoms with Gasteiger partial charge in [0.2, 0.25) is 11.8 Å². The number of likely N-dealkylation sites (N-methyl/N-ethyl adjacent to an activating group) is 1. The molecule has 3 rings (SSSR count). The minimum Gasteiger partial charge on any atom is -0.444 e. The summed E-state index contributed by atoms with van der Waals surface area (Å²) in [5, 5.41) is 5.58. The quantitative estimate of drug-likeness (QED) is 0.769. The molecular weight excluding hydrogens is 394 g/mol. The molecule has 170 valence electrons. The highest BCUT2D eigenvalue weighted by Crippen LogP contribution is 2.35. The summed E-state index contributed by atoms with van der Waals surface area (Å²) in [6, 6.07) is 7.33. The van der Waals surface area contributed by atoms with Gasteiger partial charge < -0.3 is 20.3 Å². The van der Waals surface area contributed by atoms with E-state index in [1.807, 2.05) is 45.0 Å². The van der Waals surface area contributed by atoms with Gasteiger partial charge in [0.15, 0.2) is 0 Å². The molecule has 1 aromatic carbocycles. The van der Waals surface area contributed by atoms with E-state index in [0.717, 1.165) is 43.2 Å². The number of amides is 3. The Morgan fingerprint density at radius 3 is 2.42 bits per heavy atom. The largest absolute Gasteiger partial charge is 0.444 e. The smallest absolute Gasteiger partial charge is 0.407 e. The van der Waals surface area contributed by atoms with Gasteiger partial charge in [-0.3, -0.25) is 9.59 Å². The van der Waals surface area contributed by atoms with Gasteiger partial charge in [0.05, 0.1) is 0 Å². The van der Waals surface area contributed by atoms with Crippen molar-refractivity contribution in [3.8, 4) is 0 Å². The van der Waals surface area contributed by atoms with E-state index >= 15 is 0 Å². The van der Waals surface area contributed by atoms with E-state index in [1.54, 1.807) is 11.9 Å². The standard InChI is InChI=1S/C24H35N3O4/c1-24(2,3)31-23(30)26-15-16-9-11-18(12-10-16)22(29)27-14-13-17-7-5-6-8-19(17)20(27)21(28)25-4/h5-8,16,18,20H,9-15H2,1-4H3,(H,25,28)(H,26,30)/t16?,18?,20-/m0/s1. The van der Waals surface area contributed by atoms with Crippen LogP contribution in [0, 0.1) is 11.8 Å². The molecule has 0 aromatic heterocycles. The molecule has 7 heteroatoms. The Morgan fingerprint density at radius 2 is 1.77 bits per heavy atom. The maximum absolute atomic E-state index is 13.4. The lowest BCUT2D eigenvalue weighted by Crippen LogP contribution is -2.49. The Morgan fingerprint density at radius 1 is 1.10 bits per heavy atom. The molecule has 0 spiro atoms. The van der Waals surface area contributed by atoms with Crippen molar-refractivity contribution in [3.05, 3.63) is 35.4 Å². The van der Waals surface area contributed by atoms with Crippen LogP contribution in [0.3, 0.4) is 0 Å². The zero-order valence-corrected chi connectivity index (χ0v) is 19.1. The summed E-state index contributed by atoms with van der Waals surface area (Å²) in [7, 11) is 1.62. The Labute approximate surface area is 184 Å². The van der Waals surface area contributed by atoms with Crippen LogP contribution in [0.5, 0.6) is 0 Å². The number of nitrogens with zero attached hydrogens (tertiary/aromatic N) is 1. The number of carbonyl (C=O) groups is 3. The van der Waals surface area contributed by atoms with Crippen LogP contribution in [-0.4, -0.2) is 48.5 Å². The Kier molecular flexibility index (Phi) is 7.23. The first-order valence-electron chi connectivity index (χ1n) is 11.3. The maximum Gasteiger partial charge on any atom is 0.407 e. The predicted molar refractivity (Wildman–Crippen MR) is 118 cm³/mol. The van der Waals surface area contributed by atoms with E-state index in [4.69, 9.17) is 4.74 Å². The Hall–Kier alpha value is -2.57. The van der Waals surface area contributed by atoms with E-state index < -0.39 is 17.7 Å². The van der Waals surface area contributed by atoms with Crippen LogP contribution in [0.4, 0.5) is 4.79 Å². The molecular formula is C24H35N3O4. The van der Waals surface area contributed by atoms with E-state index in [0.29, 0.717) is 19.0 Å². The molecule has 31 heavy (non-hydrogen) atoms. The topological polar surface area (TPSA) is 87.7 Å². The monoisotopic (exact) mass is 429 g/mol. The summed E-state index contributed by atoms with van der Waals surface area (Å²) in [5.41, 5.74) is 1.55. The van der Waals surface area contributed by atoms with Gasteiger partial charge >= 0.3 is 6.09 Å². The van der Waals surface area contributed by atoms with Gasteiger partial charge in [-0.1, -0.05) is 24.3 Å². The molecule has 1 fully saturated rings. The van der Waals surface area contributed by atoms with Crippen LogP contribution in [0.2, 0.25) is 0 Å². The van der Waals surface area contributed by atoms with Crippen LogP contribution < -0.4 is 10.6 Å². The second kappa shape index (κ2) is 9.71. The van der Waals surface area contributed by atoms with Crippen LogP contribution in [0.15, 0.2) is 24.3 Å². The van der Waals surface area contributed by atoms with Gasteiger partial charge in [-0.2, -0.15) is 0 Å². The lowest BCUT2D eigenvalue weighted by atomic mass is 9.80. The average molecular weight is 430 g/mol. The van der Waals surface area contributed by atoms with Gasteiger partial charge in [0.25, 0.3) is 0 Å². The minimum absolute atomic E-state index is 0.0710. The number of hydrogen-bond donors (Lipinski definition) is 2. The number of carbonyl (C=O) groups excluding carboxylic acids is 3. The third-order valence-corrected chi connectivity index (χ3v) is 6.19. The van der Waals surface area contributed by atoms with Crippen molar-refractivity contribution < 1.29 is 19.1 Å². The Bertz CT molecular complexity index is 809. The van der Waals surface area contributed by atoms with Crippen molar-refractivity contribution in [3.63, 3.8) is 0 Å². The van der Waals surface area contributed by atoms with E-state index in [1.165, 1.54) is 0 Å². The number of ether oxygens (including phenoxy) is 1. The van der Waals surface area contributed by atoms with Gasteiger partial charge in [-0.05, 0) is 69.9 Å². The first-order valence-corrected chi connectivity index (χ1v) is 11.3. The molecule has 1 atom stereocenters. The summed E-state index contributed by atoms with van der Waals surface area (Å²) >= 11 is 0. The van der Waals surface area contributed by atoms with Crippen LogP contribution in [-0.2, 0) is 20.7 Å². The number of fused-ring (bicyclic) bond motifs is 1. The number of benzene rings is 1. The van der Waals surface area contributed by atoms with Gasteiger partial charge in [0, 0.05) is 26.1 Å². The molecule has 2 aliphatic rings. The first kappa shape index (κ1) is 23.1. The van der Waals surface area contributed by atoms with Crippen LogP contribution in [0.25, 0.3) is 0 Å². The van der Waals surface area contributed by atoms with Crippen molar-refractivity contribution in [2.45, 2.75) is 64.5 Å². The lowest BCUT2D eigenvalue weighted by Gasteiger charge is -2.39. The van der Waals surface area contributed by atoms with Crippen molar-refractivity contribution in [2.24, 2.45) is 11.8 Å². The molecule has 1 aliphatic heterocycles. The zero-order chi connectivity index (χ0) is 22.6. The van der Waals surface area contributed by atoms with E-state index in [2.05, 4.69) is 10.6 Å². The highest BCUT2D eigenvalue weighted by molar-refractivity contribution is 5.90. The number of rotatable bonds is 4. The fourth-order valence-electron chi connectivity index (χ4n) is 4.61. The normalized spacial score (nSPS) is 23.5. The molecule has 1 saturated carbocycles. The van der Waals surface area contributed by atoms with Gasteiger partial charge in [0.1, 0.15) is 11.6 Å². The third-order valence-electron chi connectivity index (χ3n) is 6.19. The van der Waals surface area contributed by atoms with Gasteiger partial charge in [-0.25, -0.2) is 4.79 Å². The third kappa shape index (κ3) is 5.77. The number of hydrogen-bond acceptors (Lipinski definition) is 4. The van der Waals surface area contributed by atoms with Gasteiger partial charge in [-0.15, -0.1) is 0 Å². The van der Waals surface area contributed by atoms with Crippen molar-refractivity contribution in [1.29, 1.82) is 0 Å². The van der Waals surface area contributed by atoms with E-state index in [-0.39, 0.29) is 17.7 Å². The molecule has 2 N–H and O–H groups in total. The van der Waals surface area contributed by atoms with Crippen molar-refractivity contribution >= 4 is 17.9 Å². The molecule has 0 unspecified atom stereocenters. The highest BCUT2D eigenvalue weighted by Gasteiger charge is 2.39.